The van der Waals surface area contributed by atoms with Crippen molar-refractivity contribution in [1.82, 2.24) is 4.31 Å². The maximum atomic E-state index is 12.2. The third-order valence-corrected chi connectivity index (χ3v) is 5.69. The lowest BCUT2D eigenvalue weighted by Gasteiger charge is -2.18. The highest BCUT2D eigenvalue weighted by Crippen LogP contribution is 2.24. The van der Waals surface area contributed by atoms with Gasteiger partial charge in [-0.3, -0.25) is 0 Å². The third kappa shape index (κ3) is 4.05. The molecule has 0 bridgehead atoms. The van der Waals surface area contributed by atoms with Gasteiger partial charge < -0.3 is 0 Å². The van der Waals surface area contributed by atoms with Crippen molar-refractivity contribution >= 4 is 41.9 Å². The smallest absolute Gasteiger partial charge is 0.207 e. The lowest BCUT2D eigenvalue weighted by Crippen LogP contribution is -2.29. The predicted octanol–water partition coefficient (Wildman–Crippen LogP) is 3.24. The van der Waals surface area contributed by atoms with Crippen molar-refractivity contribution in [2.24, 2.45) is 0 Å². The summed E-state index contributed by atoms with van der Waals surface area (Å²) in [6.45, 7) is 2.50. The summed E-state index contributed by atoms with van der Waals surface area (Å²) in [5, 5.41) is 0. The summed E-state index contributed by atoms with van der Waals surface area (Å²) >= 11 is 6.67. The van der Waals surface area contributed by atoms with Gasteiger partial charge in [0, 0.05) is 22.9 Å². The molecule has 0 saturated heterocycles. The number of rotatable bonds is 5. The molecular weight excluding hydrogens is 370 g/mol. The van der Waals surface area contributed by atoms with Crippen LogP contribution in [-0.4, -0.2) is 31.1 Å². The molecular formula is C11H15Br2NO2S. The fourth-order valence-corrected chi connectivity index (χ4v) is 3.65. The van der Waals surface area contributed by atoms with Crippen LogP contribution < -0.4 is 0 Å². The molecule has 0 N–H and O–H groups in total. The summed E-state index contributed by atoms with van der Waals surface area (Å²) in [5.74, 6) is 0. The van der Waals surface area contributed by atoms with Crippen LogP contribution in [0.25, 0.3) is 0 Å². The monoisotopic (exact) mass is 383 g/mol. The zero-order valence-electron chi connectivity index (χ0n) is 9.73. The second kappa shape index (κ2) is 6.31. The van der Waals surface area contributed by atoms with Crippen molar-refractivity contribution in [1.29, 1.82) is 0 Å². The highest BCUT2D eigenvalue weighted by molar-refractivity contribution is 9.10. The summed E-state index contributed by atoms with van der Waals surface area (Å²) < 4.78 is 26.5. The summed E-state index contributed by atoms with van der Waals surface area (Å²) in [4.78, 5) is 0.615. The Morgan fingerprint density at radius 1 is 1.35 bits per heavy atom. The Morgan fingerprint density at radius 2 is 1.94 bits per heavy atom. The van der Waals surface area contributed by atoms with Crippen molar-refractivity contribution in [2.45, 2.75) is 23.1 Å². The molecule has 3 nitrogen and oxygen atoms in total. The van der Waals surface area contributed by atoms with E-state index in [0.29, 0.717) is 20.7 Å². The first-order valence-electron chi connectivity index (χ1n) is 5.20. The van der Waals surface area contributed by atoms with E-state index in [9.17, 15) is 8.42 Å². The third-order valence-electron chi connectivity index (χ3n) is 2.37. The fourth-order valence-electron chi connectivity index (χ4n) is 1.30. The number of nitrogens with zero attached hydrogens (tertiary/aromatic N) is 1. The van der Waals surface area contributed by atoms with Gasteiger partial charge in [-0.1, -0.05) is 35.0 Å². The molecule has 1 rings (SSSR count). The lowest BCUT2D eigenvalue weighted by atomic mass is 10.3. The molecule has 0 spiro atoms. The van der Waals surface area contributed by atoms with Gasteiger partial charge in [-0.2, -0.15) is 0 Å². The maximum Gasteiger partial charge on any atom is 0.243 e. The molecule has 0 amide bonds. The highest BCUT2D eigenvalue weighted by atomic mass is 79.9. The minimum Gasteiger partial charge on any atom is -0.207 e. The van der Waals surface area contributed by atoms with Crippen LogP contribution in [0.4, 0.5) is 0 Å². The number of benzene rings is 1. The summed E-state index contributed by atoms with van der Waals surface area (Å²) in [5.41, 5.74) is 0. The highest BCUT2D eigenvalue weighted by Gasteiger charge is 2.22. The van der Waals surface area contributed by atoms with Crippen molar-refractivity contribution in [2.75, 3.05) is 13.6 Å². The second-order valence-corrected chi connectivity index (χ2v) is 8.26. The van der Waals surface area contributed by atoms with Crippen molar-refractivity contribution in [3.63, 3.8) is 0 Å². The Labute approximate surface area is 120 Å². The lowest BCUT2D eigenvalue weighted by molar-refractivity contribution is 0.462. The average molecular weight is 385 g/mol. The molecule has 0 fully saturated rings. The Hall–Kier alpha value is 0.0900. The minimum atomic E-state index is -3.40. The van der Waals surface area contributed by atoms with E-state index in [1.165, 1.54) is 4.31 Å². The van der Waals surface area contributed by atoms with Gasteiger partial charge in [0.25, 0.3) is 0 Å². The predicted molar refractivity (Wildman–Crippen MR) is 77.0 cm³/mol. The van der Waals surface area contributed by atoms with Crippen LogP contribution in [0.2, 0.25) is 0 Å². The first kappa shape index (κ1) is 15.1. The van der Waals surface area contributed by atoms with Crippen molar-refractivity contribution < 1.29 is 8.42 Å². The van der Waals surface area contributed by atoms with Crippen LogP contribution in [0.1, 0.15) is 13.3 Å². The van der Waals surface area contributed by atoms with Gasteiger partial charge in [0.1, 0.15) is 0 Å². The topological polar surface area (TPSA) is 37.4 Å². The van der Waals surface area contributed by atoms with Gasteiger partial charge in [-0.05, 0) is 34.5 Å². The molecule has 1 aromatic rings. The molecule has 0 saturated carbocycles. The fraction of sp³-hybridized carbons (Fsp3) is 0.455. The van der Waals surface area contributed by atoms with E-state index in [1.807, 2.05) is 6.92 Å². The van der Waals surface area contributed by atoms with Gasteiger partial charge in [0.2, 0.25) is 10.0 Å². The van der Waals surface area contributed by atoms with E-state index in [4.69, 9.17) is 0 Å². The molecule has 17 heavy (non-hydrogen) atoms. The van der Waals surface area contributed by atoms with E-state index >= 15 is 0 Å². The molecule has 0 aliphatic carbocycles. The van der Waals surface area contributed by atoms with Crippen LogP contribution in [0.5, 0.6) is 0 Å². The molecule has 96 valence electrons. The van der Waals surface area contributed by atoms with Crippen molar-refractivity contribution in [3.8, 4) is 0 Å². The van der Waals surface area contributed by atoms with E-state index < -0.39 is 10.0 Å². The number of sulfonamides is 1. The SMILES string of the molecule is CC(Br)CCN(C)S(=O)(=O)c1ccccc1Br. The molecule has 1 atom stereocenters. The van der Waals surface area contributed by atoms with Gasteiger partial charge in [0.15, 0.2) is 0 Å². The van der Waals surface area contributed by atoms with Gasteiger partial charge >= 0.3 is 0 Å². The Bertz CT molecular complexity index is 474. The van der Waals surface area contributed by atoms with Crippen LogP contribution in [0.15, 0.2) is 33.6 Å². The van der Waals surface area contributed by atoms with Crippen LogP contribution in [-0.2, 0) is 10.0 Å². The van der Waals surface area contributed by atoms with E-state index in [-0.39, 0.29) is 0 Å². The number of hydrogen-bond donors (Lipinski definition) is 0. The largest absolute Gasteiger partial charge is 0.243 e. The molecule has 0 radical (unpaired) electrons. The first-order valence-corrected chi connectivity index (χ1v) is 8.35. The Morgan fingerprint density at radius 3 is 2.47 bits per heavy atom. The van der Waals surface area contributed by atoms with E-state index in [2.05, 4.69) is 31.9 Å². The molecule has 0 aliphatic rings. The van der Waals surface area contributed by atoms with E-state index in [0.717, 1.165) is 6.42 Å². The first-order chi connectivity index (χ1) is 7.85. The maximum absolute atomic E-state index is 12.2. The molecule has 0 heterocycles. The second-order valence-electron chi connectivity index (χ2n) is 3.83. The van der Waals surface area contributed by atoms with Crippen LogP contribution >= 0.6 is 31.9 Å². The number of alkyl halides is 1. The van der Waals surface area contributed by atoms with Gasteiger partial charge in [-0.25, -0.2) is 12.7 Å². The number of halogens is 2. The quantitative estimate of drug-likeness (QED) is 0.730. The average Bonchev–Trinajstić information content (AvgIpc) is 2.26. The van der Waals surface area contributed by atoms with Gasteiger partial charge in [-0.15, -0.1) is 0 Å². The standard InChI is InChI=1S/C11H15Br2NO2S/c1-9(12)7-8-14(2)17(15,16)11-6-4-3-5-10(11)13/h3-6,9H,7-8H2,1-2H3. The molecule has 1 aromatic carbocycles. The summed E-state index contributed by atoms with van der Waals surface area (Å²) in [6, 6.07) is 6.85. The van der Waals surface area contributed by atoms with E-state index in [1.54, 1.807) is 31.3 Å². The van der Waals surface area contributed by atoms with Crippen LogP contribution in [0.3, 0.4) is 0 Å². The molecule has 6 heteroatoms. The zero-order chi connectivity index (χ0) is 13.1. The normalized spacial score (nSPS) is 13.9. The Balaban J connectivity index is 2.92. The molecule has 0 aromatic heterocycles. The molecule has 1 unspecified atom stereocenters. The zero-order valence-corrected chi connectivity index (χ0v) is 13.7. The molecule has 0 aliphatic heterocycles. The Kier molecular flexibility index (Phi) is 5.63. The van der Waals surface area contributed by atoms with Crippen LogP contribution in [0, 0.1) is 0 Å². The van der Waals surface area contributed by atoms with Gasteiger partial charge in [0.05, 0.1) is 4.90 Å². The van der Waals surface area contributed by atoms with Crippen molar-refractivity contribution in [3.05, 3.63) is 28.7 Å². The number of hydrogen-bond acceptors (Lipinski definition) is 2. The summed E-state index contributed by atoms with van der Waals surface area (Å²) in [7, 11) is -1.80. The summed E-state index contributed by atoms with van der Waals surface area (Å²) in [6.07, 6.45) is 0.778. The minimum absolute atomic E-state index is 0.305.